The number of benzene rings is 1. The Morgan fingerprint density at radius 2 is 1.81 bits per heavy atom. The van der Waals surface area contributed by atoms with E-state index < -0.39 is 17.0 Å². The van der Waals surface area contributed by atoms with Gasteiger partial charge in [0.05, 0.1) is 0 Å². The van der Waals surface area contributed by atoms with Crippen LogP contribution in [0, 0.1) is 5.92 Å². The molecule has 0 fully saturated rings. The number of carbonyl (C=O) groups is 2. The Balaban J connectivity index is 2.63. The minimum Gasteiger partial charge on any atom is -0.459 e. The molecular formula is C17H23NO3. The zero-order chi connectivity index (χ0) is 16.0. The largest absolute Gasteiger partial charge is 0.459 e. The Kier molecular flexibility index (Phi) is 3.60. The van der Waals surface area contributed by atoms with Crippen molar-refractivity contribution in [2.24, 2.45) is 5.92 Å². The number of fused-ring (bicyclic) bond motifs is 1. The van der Waals surface area contributed by atoms with E-state index in [1.807, 2.05) is 58.9 Å². The molecule has 0 bridgehead atoms. The second-order valence-corrected chi connectivity index (χ2v) is 6.85. The zero-order valence-corrected chi connectivity index (χ0v) is 13.6. The van der Waals surface area contributed by atoms with Crippen LogP contribution in [0.2, 0.25) is 0 Å². The molecule has 0 aliphatic carbocycles. The lowest BCUT2D eigenvalue weighted by Gasteiger charge is -2.33. The Hall–Kier alpha value is -1.84. The van der Waals surface area contributed by atoms with Crippen LogP contribution in [0.1, 0.15) is 40.2 Å². The van der Waals surface area contributed by atoms with Crippen molar-refractivity contribution in [3.63, 3.8) is 0 Å². The molecule has 4 nitrogen and oxygen atoms in total. The molecule has 0 N–H and O–H groups in total. The first-order valence-corrected chi connectivity index (χ1v) is 7.23. The van der Waals surface area contributed by atoms with E-state index in [0.717, 1.165) is 11.3 Å². The summed E-state index contributed by atoms with van der Waals surface area (Å²) in [5, 5.41) is 0. The molecule has 21 heavy (non-hydrogen) atoms. The predicted molar refractivity (Wildman–Crippen MR) is 82.2 cm³/mol. The first-order chi connectivity index (χ1) is 9.62. The maximum absolute atomic E-state index is 12.9. The molecule has 4 heteroatoms. The highest BCUT2D eigenvalue weighted by atomic mass is 16.6. The van der Waals surface area contributed by atoms with Gasteiger partial charge in [-0.2, -0.15) is 0 Å². The molecule has 114 valence electrons. The Labute approximate surface area is 126 Å². The van der Waals surface area contributed by atoms with Crippen molar-refractivity contribution in [3.8, 4) is 0 Å². The Bertz CT molecular complexity index is 586. The number of ether oxygens (including phenoxy) is 1. The third-order valence-corrected chi connectivity index (χ3v) is 3.92. The molecule has 0 saturated carbocycles. The number of hydrogen-bond acceptors (Lipinski definition) is 3. The van der Waals surface area contributed by atoms with Gasteiger partial charge in [0.25, 0.3) is 0 Å². The van der Waals surface area contributed by atoms with E-state index in [1.54, 1.807) is 11.9 Å². The highest BCUT2D eigenvalue weighted by Crippen LogP contribution is 2.47. The van der Waals surface area contributed by atoms with Gasteiger partial charge in [-0.05, 0) is 32.8 Å². The monoisotopic (exact) mass is 289 g/mol. The predicted octanol–water partition coefficient (Wildman–Crippen LogP) is 2.90. The summed E-state index contributed by atoms with van der Waals surface area (Å²) >= 11 is 0. The molecule has 0 aromatic heterocycles. The molecule has 1 amide bonds. The van der Waals surface area contributed by atoms with Crippen LogP contribution in [0.3, 0.4) is 0 Å². The fourth-order valence-corrected chi connectivity index (χ4v) is 2.94. The van der Waals surface area contributed by atoms with Crippen LogP contribution < -0.4 is 4.90 Å². The molecule has 0 radical (unpaired) electrons. The highest BCUT2D eigenvalue weighted by Gasteiger charge is 2.59. The normalized spacial score (nSPS) is 21.7. The van der Waals surface area contributed by atoms with Gasteiger partial charge in [-0.15, -0.1) is 0 Å². The Morgan fingerprint density at radius 3 is 2.33 bits per heavy atom. The maximum atomic E-state index is 12.9. The van der Waals surface area contributed by atoms with Gasteiger partial charge in [0.2, 0.25) is 5.91 Å². The van der Waals surface area contributed by atoms with Crippen LogP contribution in [0.25, 0.3) is 0 Å². The highest BCUT2D eigenvalue weighted by molar-refractivity contribution is 6.20. The molecule has 1 aromatic carbocycles. The van der Waals surface area contributed by atoms with Crippen molar-refractivity contribution >= 4 is 17.6 Å². The van der Waals surface area contributed by atoms with E-state index in [0.29, 0.717) is 0 Å². The average Bonchev–Trinajstić information content (AvgIpc) is 2.58. The number of carbonyl (C=O) groups excluding carboxylic acids is 2. The summed E-state index contributed by atoms with van der Waals surface area (Å²) in [6.45, 7) is 9.21. The minimum absolute atomic E-state index is 0.189. The molecule has 1 heterocycles. The molecular weight excluding hydrogens is 266 g/mol. The van der Waals surface area contributed by atoms with Crippen LogP contribution in [-0.2, 0) is 19.7 Å². The average molecular weight is 289 g/mol. The van der Waals surface area contributed by atoms with Gasteiger partial charge in [-0.25, -0.2) is 0 Å². The van der Waals surface area contributed by atoms with Gasteiger partial charge in [0.15, 0.2) is 5.41 Å². The first kappa shape index (κ1) is 15.5. The number of amides is 1. The molecule has 2 rings (SSSR count). The fourth-order valence-electron chi connectivity index (χ4n) is 2.94. The molecule has 1 atom stereocenters. The lowest BCUT2D eigenvalue weighted by Crippen LogP contribution is -2.51. The van der Waals surface area contributed by atoms with E-state index in [9.17, 15) is 9.59 Å². The second kappa shape index (κ2) is 4.86. The molecule has 1 aliphatic rings. The number of anilines is 1. The van der Waals surface area contributed by atoms with Gasteiger partial charge in [0, 0.05) is 18.3 Å². The van der Waals surface area contributed by atoms with Crippen molar-refractivity contribution < 1.29 is 14.3 Å². The summed E-state index contributed by atoms with van der Waals surface area (Å²) in [6, 6.07) is 7.43. The summed E-state index contributed by atoms with van der Waals surface area (Å²) < 4.78 is 5.58. The summed E-state index contributed by atoms with van der Waals surface area (Å²) in [4.78, 5) is 27.3. The lowest BCUT2D eigenvalue weighted by molar-refractivity contribution is -0.166. The van der Waals surface area contributed by atoms with Crippen molar-refractivity contribution in [2.45, 2.75) is 45.6 Å². The number of nitrogens with zero attached hydrogens (tertiary/aromatic N) is 1. The van der Waals surface area contributed by atoms with E-state index in [4.69, 9.17) is 4.74 Å². The summed E-state index contributed by atoms with van der Waals surface area (Å²) in [5.74, 6) is -0.870. The standard InChI is InChI=1S/C17H23NO3/c1-11(2)17(15(20)21-16(3,4)5)12-9-7-8-10-13(12)18(6)14(17)19/h7-11H,1-6H3. The fraction of sp³-hybridized carbons (Fsp3) is 0.529. The van der Waals surface area contributed by atoms with E-state index in [-0.39, 0.29) is 11.8 Å². The Morgan fingerprint density at radius 1 is 1.24 bits per heavy atom. The number of para-hydroxylation sites is 1. The van der Waals surface area contributed by atoms with E-state index in [1.165, 1.54) is 0 Å². The van der Waals surface area contributed by atoms with Gasteiger partial charge < -0.3 is 9.64 Å². The third-order valence-electron chi connectivity index (χ3n) is 3.92. The lowest BCUT2D eigenvalue weighted by atomic mass is 9.72. The molecule has 1 aliphatic heterocycles. The smallest absolute Gasteiger partial charge is 0.327 e. The summed E-state index contributed by atoms with van der Waals surface area (Å²) in [7, 11) is 1.70. The molecule has 1 unspecified atom stereocenters. The van der Waals surface area contributed by atoms with Gasteiger partial charge in [-0.3, -0.25) is 9.59 Å². The van der Waals surface area contributed by atoms with Crippen LogP contribution in [0.5, 0.6) is 0 Å². The van der Waals surface area contributed by atoms with Crippen molar-refractivity contribution in [1.29, 1.82) is 0 Å². The number of rotatable bonds is 2. The van der Waals surface area contributed by atoms with E-state index >= 15 is 0 Å². The number of hydrogen-bond donors (Lipinski definition) is 0. The number of likely N-dealkylation sites (N-methyl/N-ethyl adjacent to an activating group) is 1. The topological polar surface area (TPSA) is 46.6 Å². The van der Waals surface area contributed by atoms with Gasteiger partial charge >= 0.3 is 5.97 Å². The maximum Gasteiger partial charge on any atom is 0.327 e. The van der Waals surface area contributed by atoms with Crippen LogP contribution in [0.15, 0.2) is 24.3 Å². The van der Waals surface area contributed by atoms with Gasteiger partial charge in [-0.1, -0.05) is 32.0 Å². The SMILES string of the molecule is CC(C)C1(C(=O)OC(C)(C)C)C(=O)N(C)c2ccccc21. The second-order valence-electron chi connectivity index (χ2n) is 6.85. The van der Waals surface area contributed by atoms with Crippen LogP contribution in [0.4, 0.5) is 5.69 Å². The third kappa shape index (κ3) is 2.23. The number of esters is 1. The van der Waals surface area contributed by atoms with Crippen molar-refractivity contribution in [2.75, 3.05) is 11.9 Å². The summed E-state index contributed by atoms with van der Waals surface area (Å²) in [5.41, 5.74) is -0.364. The van der Waals surface area contributed by atoms with Gasteiger partial charge in [0.1, 0.15) is 5.60 Å². The first-order valence-electron chi connectivity index (χ1n) is 7.23. The molecule has 0 saturated heterocycles. The molecule has 0 spiro atoms. The molecule has 1 aromatic rings. The van der Waals surface area contributed by atoms with Crippen LogP contribution >= 0.6 is 0 Å². The minimum atomic E-state index is -1.25. The zero-order valence-electron chi connectivity index (χ0n) is 13.6. The quantitative estimate of drug-likeness (QED) is 0.621. The summed E-state index contributed by atoms with van der Waals surface area (Å²) in [6.07, 6.45) is 0. The van der Waals surface area contributed by atoms with Crippen LogP contribution in [-0.4, -0.2) is 24.5 Å². The van der Waals surface area contributed by atoms with Crippen molar-refractivity contribution in [3.05, 3.63) is 29.8 Å². The van der Waals surface area contributed by atoms with E-state index in [2.05, 4.69) is 0 Å². The van der Waals surface area contributed by atoms with Crippen molar-refractivity contribution in [1.82, 2.24) is 0 Å².